The summed E-state index contributed by atoms with van der Waals surface area (Å²) in [7, 11) is 0. The number of H-pyrrole nitrogens is 1. The van der Waals surface area contributed by atoms with Gasteiger partial charge in [-0.3, -0.25) is 14.2 Å². The highest BCUT2D eigenvalue weighted by Crippen LogP contribution is 2.32. The second-order valence-electron chi connectivity index (χ2n) is 6.61. The van der Waals surface area contributed by atoms with Crippen molar-refractivity contribution in [2.24, 2.45) is 0 Å². The van der Waals surface area contributed by atoms with E-state index in [1.54, 1.807) is 18.2 Å². The number of aromatic nitrogens is 2. The van der Waals surface area contributed by atoms with Crippen LogP contribution in [0.25, 0.3) is 0 Å². The highest BCUT2D eigenvalue weighted by Gasteiger charge is 2.31. The fourth-order valence-electron chi connectivity index (χ4n) is 2.98. The molecule has 9 nitrogen and oxygen atoms in total. The molecule has 0 unspecified atom stereocenters. The highest BCUT2D eigenvalue weighted by atomic mass is 19.4. The monoisotopic (exact) mass is 449 g/mol. The largest absolute Gasteiger partial charge is 0.573 e. The summed E-state index contributed by atoms with van der Waals surface area (Å²) in [6.45, 7) is -0.0618. The molecule has 1 aliphatic rings. The Hall–Kier alpha value is -4.22. The fourth-order valence-corrected chi connectivity index (χ4v) is 2.98. The number of benzene rings is 2. The van der Waals surface area contributed by atoms with Gasteiger partial charge in [0, 0.05) is 11.9 Å². The van der Waals surface area contributed by atoms with Gasteiger partial charge < -0.3 is 24.5 Å². The molecule has 166 valence electrons. The van der Waals surface area contributed by atoms with Gasteiger partial charge in [0.05, 0.1) is 6.54 Å². The molecule has 1 aromatic heterocycles. The van der Waals surface area contributed by atoms with Crippen LogP contribution in [0.3, 0.4) is 0 Å². The number of hydrogen-bond acceptors (Lipinski definition) is 6. The zero-order valence-electron chi connectivity index (χ0n) is 16.1. The molecule has 0 atom stereocenters. The molecule has 0 saturated carbocycles. The number of nitrogens with zero attached hydrogens (tertiary/aromatic N) is 1. The van der Waals surface area contributed by atoms with Crippen molar-refractivity contribution in [2.45, 2.75) is 12.9 Å². The second-order valence-corrected chi connectivity index (χ2v) is 6.61. The second kappa shape index (κ2) is 8.13. The van der Waals surface area contributed by atoms with E-state index >= 15 is 0 Å². The van der Waals surface area contributed by atoms with Gasteiger partial charge in [-0.15, -0.1) is 13.2 Å². The minimum absolute atomic E-state index is 0.0677. The van der Waals surface area contributed by atoms with Gasteiger partial charge in [0.1, 0.15) is 11.3 Å². The molecule has 2 heterocycles. The molecule has 0 fully saturated rings. The van der Waals surface area contributed by atoms with Gasteiger partial charge in [-0.1, -0.05) is 6.07 Å². The molecule has 0 aliphatic carbocycles. The lowest BCUT2D eigenvalue weighted by atomic mass is 10.2. The van der Waals surface area contributed by atoms with E-state index in [-0.39, 0.29) is 24.6 Å². The predicted molar refractivity (Wildman–Crippen MR) is 104 cm³/mol. The Morgan fingerprint density at radius 3 is 2.53 bits per heavy atom. The maximum atomic E-state index is 12.8. The van der Waals surface area contributed by atoms with E-state index in [1.165, 1.54) is 12.1 Å². The molecule has 12 heteroatoms. The predicted octanol–water partition coefficient (Wildman–Crippen LogP) is 2.46. The minimum atomic E-state index is -4.84. The van der Waals surface area contributed by atoms with Crippen LogP contribution in [0, 0.1) is 0 Å². The van der Waals surface area contributed by atoms with Crippen molar-refractivity contribution in [2.75, 3.05) is 12.1 Å². The number of anilines is 1. The zero-order valence-corrected chi connectivity index (χ0v) is 16.1. The van der Waals surface area contributed by atoms with E-state index in [9.17, 15) is 27.6 Å². The third-order valence-electron chi connectivity index (χ3n) is 4.43. The molecule has 0 spiro atoms. The van der Waals surface area contributed by atoms with Crippen molar-refractivity contribution in [3.63, 3.8) is 0 Å². The lowest BCUT2D eigenvalue weighted by molar-refractivity contribution is -0.274. The number of carbonyl (C=O) groups is 1. The molecule has 1 amide bonds. The average Bonchev–Trinajstić information content (AvgIpc) is 3.19. The number of aromatic amines is 1. The van der Waals surface area contributed by atoms with Crippen LogP contribution >= 0.6 is 0 Å². The highest BCUT2D eigenvalue weighted by molar-refractivity contribution is 6.03. The molecular weight excluding hydrogens is 435 g/mol. The van der Waals surface area contributed by atoms with Crippen molar-refractivity contribution in [3.05, 3.63) is 80.6 Å². The molecule has 2 aromatic carbocycles. The SMILES string of the molecule is O=C(Nc1ccc(OC(F)(F)F)cc1)c1c[nH]c(=O)n(Cc2ccc3c(c2)OCO3)c1=O. The van der Waals surface area contributed by atoms with Gasteiger partial charge >= 0.3 is 12.1 Å². The van der Waals surface area contributed by atoms with Gasteiger partial charge in [-0.25, -0.2) is 4.79 Å². The number of amides is 1. The molecule has 0 bridgehead atoms. The van der Waals surface area contributed by atoms with Gasteiger partial charge in [-0.05, 0) is 42.0 Å². The van der Waals surface area contributed by atoms with Crippen LogP contribution in [-0.4, -0.2) is 28.6 Å². The molecule has 1 aliphatic heterocycles. The van der Waals surface area contributed by atoms with E-state index in [0.29, 0.717) is 17.1 Å². The molecule has 2 N–H and O–H groups in total. The minimum Gasteiger partial charge on any atom is -0.454 e. The van der Waals surface area contributed by atoms with Gasteiger partial charge in [0.25, 0.3) is 11.5 Å². The van der Waals surface area contributed by atoms with Gasteiger partial charge in [0.2, 0.25) is 6.79 Å². The van der Waals surface area contributed by atoms with Crippen molar-refractivity contribution >= 4 is 11.6 Å². The summed E-state index contributed by atoms with van der Waals surface area (Å²) in [5.41, 5.74) is -1.24. The standard InChI is InChI=1S/C20H14F3N3O6/c21-20(22,23)32-13-4-2-12(3-5-13)25-17(27)14-8-24-19(29)26(18(14)28)9-11-1-6-15-16(7-11)31-10-30-15/h1-8H,9-10H2,(H,24,29)(H,25,27). The summed E-state index contributed by atoms with van der Waals surface area (Å²) < 4.78 is 51.8. The number of ether oxygens (including phenoxy) is 3. The van der Waals surface area contributed by atoms with Crippen molar-refractivity contribution in [3.8, 4) is 17.2 Å². The van der Waals surface area contributed by atoms with Crippen LogP contribution in [0.1, 0.15) is 15.9 Å². The number of nitrogens with one attached hydrogen (secondary N) is 2. The van der Waals surface area contributed by atoms with Crippen LogP contribution in [0.5, 0.6) is 17.2 Å². The molecule has 0 radical (unpaired) electrons. The summed E-state index contributed by atoms with van der Waals surface area (Å²) in [6.07, 6.45) is -3.87. The molecule has 32 heavy (non-hydrogen) atoms. The number of halogens is 3. The number of alkyl halides is 3. The number of fused-ring (bicyclic) bond motifs is 1. The normalized spacial score (nSPS) is 12.5. The summed E-state index contributed by atoms with van der Waals surface area (Å²) in [5, 5.41) is 2.39. The van der Waals surface area contributed by atoms with Gasteiger partial charge in [0.15, 0.2) is 11.5 Å². The Labute approximate surface area is 177 Å². The summed E-state index contributed by atoms with van der Waals surface area (Å²) in [5.74, 6) is -0.311. The van der Waals surface area contributed by atoms with Crippen molar-refractivity contribution in [1.82, 2.24) is 9.55 Å². The average molecular weight is 449 g/mol. The van der Waals surface area contributed by atoms with Crippen LogP contribution in [0.4, 0.5) is 18.9 Å². The maximum absolute atomic E-state index is 12.8. The third-order valence-corrected chi connectivity index (χ3v) is 4.43. The first kappa shape index (κ1) is 21.0. The smallest absolute Gasteiger partial charge is 0.454 e. The Morgan fingerprint density at radius 1 is 1.09 bits per heavy atom. The number of hydrogen-bond donors (Lipinski definition) is 2. The fraction of sp³-hybridized carbons (Fsp3) is 0.150. The summed E-state index contributed by atoms with van der Waals surface area (Å²) in [6, 6.07) is 9.27. The van der Waals surface area contributed by atoms with E-state index in [4.69, 9.17) is 9.47 Å². The van der Waals surface area contributed by atoms with E-state index in [2.05, 4.69) is 15.0 Å². The first-order valence-electron chi connectivity index (χ1n) is 9.08. The number of carbonyl (C=O) groups excluding carboxylic acids is 1. The van der Waals surface area contributed by atoms with Crippen LogP contribution < -0.4 is 30.8 Å². The quantitative estimate of drug-likeness (QED) is 0.619. The Morgan fingerprint density at radius 2 is 1.81 bits per heavy atom. The maximum Gasteiger partial charge on any atom is 0.573 e. The summed E-state index contributed by atoms with van der Waals surface area (Å²) in [4.78, 5) is 39.8. The first-order chi connectivity index (χ1) is 15.2. The third kappa shape index (κ3) is 4.58. The van der Waals surface area contributed by atoms with Crippen LogP contribution in [-0.2, 0) is 6.54 Å². The lowest BCUT2D eigenvalue weighted by Gasteiger charge is -2.10. The van der Waals surface area contributed by atoms with E-state index in [1.807, 2.05) is 0 Å². The Balaban J connectivity index is 1.53. The zero-order chi connectivity index (χ0) is 22.9. The van der Waals surface area contributed by atoms with Crippen molar-refractivity contribution in [1.29, 1.82) is 0 Å². The Kier molecular flexibility index (Phi) is 5.34. The molecular formula is C20H14F3N3O6. The van der Waals surface area contributed by atoms with Crippen LogP contribution in [0.15, 0.2) is 58.3 Å². The molecule has 4 rings (SSSR count). The van der Waals surface area contributed by atoms with Gasteiger partial charge in [-0.2, -0.15) is 0 Å². The Bertz CT molecular complexity index is 1280. The van der Waals surface area contributed by atoms with E-state index in [0.717, 1.165) is 22.9 Å². The van der Waals surface area contributed by atoms with Crippen LogP contribution in [0.2, 0.25) is 0 Å². The lowest BCUT2D eigenvalue weighted by Crippen LogP contribution is -2.39. The van der Waals surface area contributed by atoms with E-state index < -0.39 is 29.3 Å². The molecule has 0 saturated heterocycles. The first-order valence-corrected chi connectivity index (χ1v) is 9.08. The topological polar surface area (TPSA) is 112 Å². The number of rotatable bonds is 5. The summed E-state index contributed by atoms with van der Waals surface area (Å²) >= 11 is 0. The van der Waals surface area contributed by atoms with Crippen molar-refractivity contribution < 1.29 is 32.2 Å². The molecule has 3 aromatic rings.